The lowest BCUT2D eigenvalue weighted by Crippen LogP contribution is -2.37. The third-order valence-electron chi connectivity index (χ3n) is 4.65. The maximum absolute atomic E-state index is 12.3. The summed E-state index contributed by atoms with van der Waals surface area (Å²) in [4.78, 5) is 23.6. The molecule has 3 aromatic rings. The van der Waals surface area contributed by atoms with Gasteiger partial charge in [-0.05, 0) is 48.9 Å². The van der Waals surface area contributed by atoms with Gasteiger partial charge in [0.2, 0.25) is 5.91 Å². The van der Waals surface area contributed by atoms with Crippen LogP contribution in [0.15, 0.2) is 59.0 Å². The number of para-hydroxylation sites is 1. The molecule has 2 aromatic carbocycles. The molecule has 3 N–H and O–H groups in total. The molecule has 0 aliphatic rings. The first-order valence-electron chi connectivity index (χ1n) is 9.76. The molecule has 1 aromatic heterocycles. The first-order chi connectivity index (χ1) is 15.0. The zero-order valence-corrected chi connectivity index (χ0v) is 17.3. The molecule has 2 amide bonds. The van der Waals surface area contributed by atoms with Crippen LogP contribution in [0.4, 0.5) is 0 Å². The van der Waals surface area contributed by atoms with Gasteiger partial charge in [-0.1, -0.05) is 19.1 Å². The van der Waals surface area contributed by atoms with Crippen LogP contribution < -0.4 is 20.3 Å². The average Bonchev–Trinajstić information content (AvgIpc) is 3.23. The van der Waals surface area contributed by atoms with Crippen molar-refractivity contribution in [2.75, 3.05) is 13.7 Å². The van der Waals surface area contributed by atoms with E-state index in [4.69, 9.17) is 19.1 Å². The molecule has 0 unspecified atom stereocenters. The predicted molar refractivity (Wildman–Crippen MR) is 115 cm³/mol. The molecule has 1 atom stereocenters. The average molecular weight is 424 g/mol. The van der Waals surface area contributed by atoms with Gasteiger partial charge in [-0.3, -0.25) is 14.8 Å². The van der Waals surface area contributed by atoms with E-state index in [0.717, 1.165) is 5.39 Å². The second-order valence-corrected chi connectivity index (χ2v) is 6.75. The van der Waals surface area contributed by atoms with Crippen LogP contribution in [-0.4, -0.2) is 36.8 Å². The summed E-state index contributed by atoms with van der Waals surface area (Å²) >= 11 is 0. The SMILES string of the molecule is CC[C@H](COc1ccc(C(=O)NO)cc1)NC(=O)/C=C/c1cc2cccc(OC)c2o1. The zero-order chi connectivity index (χ0) is 22.2. The Balaban J connectivity index is 1.55. The summed E-state index contributed by atoms with van der Waals surface area (Å²) in [6, 6.07) is 13.5. The van der Waals surface area contributed by atoms with Crippen molar-refractivity contribution in [1.82, 2.24) is 10.8 Å². The number of furan rings is 1. The van der Waals surface area contributed by atoms with E-state index in [1.165, 1.54) is 18.2 Å². The Morgan fingerprint density at radius 2 is 1.97 bits per heavy atom. The molecule has 162 valence electrons. The minimum atomic E-state index is -0.597. The van der Waals surface area contributed by atoms with Crippen LogP contribution in [0.5, 0.6) is 11.5 Å². The van der Waals surface area contributed by atoms with E-state index in [9.17, 15) is 9.59 Å². The second-order valence-electron chi connectivity index (χ2n) is 6.75. The van der Waals surface area contributed by atoms with E-state index < -0.39 is 5.91 Å². The number of carbonyl (C=O) groups excluding carboxylic acids is 2. The minimum Gasteiger partial charge on any atom is -0.493 e. The van der Waals surface area contributed by atoms with Crippen LogP contribution >= 0.6 is 0 Å². The van der Waals surface area contributed by atoms with Crippen molar-refractivity contribution in [2.45, 2.75) is 19.4 Å². The van der Waals surface area contributed by atoms with E-state index in [-0.39, 0.29) is 18.6 Å². The Labute approximate surface area is 179 Å². The Morgan fingerprint density at radius 3 is 2.65 bits per heavy atom. The largest absolute Gasteiger partial charge is 0.493 e. The molecule has 0 bridgehead atoms. The van der Waals surface area contributed by atoms with Crippen molar-refractivity contribution in [3.8, 4) is 11.5 Å². The number of hydrogen-bond acceptors (Lipinski definition) is 6. The number of benzene rings is 2. The zero-order valence-electron chi connectivity index (χ0n) is 17.3. The van der Waals surface area contributed by atoms with Crippen LogP contribution in [0.25, 0.3) is 17.0 Å². The molecular weight excluding hydrogens is 400 g/mol. The summed E-state index contributed by atoms with van der Waals surface area (Å²) in [5, 5.41) is 12.4. The number of ether oxygens (including phenoxy) is 2. The standard InChI is InChI=1S/C23H24N2O6/c1-3-17(14-30-18-9-7-15(8-10-18)23(27)25-28)24-21(26)12-11-19-13-16-5-4-6-20(29-2)22(16)31-19/h4-13,17,28H,3,14H2,1-2H3,(H,24,26)(H,25,27)/b12-11+/t17-/m1/s1. The number of nitrogens with one attached hydrogen (secondary N) is 2. The first kappa shape index (κ1) is 21.9. The fraction of sp³-hybridized carbons (Fsp3) is 0.217. The van der Waals surface area contributed by atoms with Gasteiger partial charge in [0.15, 0.2) is 11.3 Å². The lowest BCUT2D eigenvalue weighted by atomic mass is 10.2. The second kappa shape index (κ2) is 10.3. The monoisotopic (exact) mass is 424 g/mol. The van der Waals surface area contributed by atoms with Crippen LogP contribution in [0.3, 0.4) is 0 Å². The molecule has 8 heteroatoms. The molecule has 0 spiro atoms. The highest BCUT2D eigenvalue weighted by Gasteiger charge is 2.11. The molecule has 31 heavy (non-hydrogen) atoms. The summed E-state index contributed by atoms with van der Waals surface area (Å²) in [5.41, 5.74) is 2.51. The number of hydrogen-bond donors (Lipinski definition) is 3. The van der Waals surface area contributed by atoms with Gasteiger partial charge >= 0.3 is 0 Å². The van der Waals surface area contributed by atoms with Gasteiger partial charge in [-0.15, -0.1) is 0 Å². The van der Waals surface area contributed by atoms with Crippen molar-refractivity contribution in [3.63, 3.8) is 0 Å². The lowest BCUT2D eigenvalue weighted by molar-refractivity contribution is -0.117. The van der Waals surface area contributed by atoms with Crippen LogP contribution in [0.1, 0.15) is 29.5 Å². The Morgan fingerprint density at radius 1 is 1.19 bits per heavy atom. The van der Waals surface area contributed by atoms with Gasteiger partial charge < -0.3 is 19.2 Å². The van der Waals surface area contributed by atoms with Crippen LogP contribution in [0.2, 0.25) is 0 Å². The fourth-order valence-corrected chi connectivity index (χ4v) is 2.93. The van der Waals surface area contributed by atoms with E-state index in [1.807, 2.05) is 31.2 Å². The maximum atomic E-state index is 12.3. The number of amides is 2. The Kier molecular flexibility index (Phi) is 7.29. The smallest absolute Gasteiger partial charge is 0.274 e. The molecule has 0 aliphatic carbocycles. The molecule has 1 heterocycles. The van der Waals surface area contributed by atoms with Gasteiger partial charge in [-0.25, -0.2) is 5.48 Å². The summed E-state index contributed by atoms with van der Waals surface area (Å²) in [5.74, 6) is 0.868. The third kappa shape index (κ3) is 5.64. The molecular formula is C23H24N2O6. The summed E-state index contributed by atoms with van der Waals surface area (Å²) in [6.07, 6.45) is 3.69. The Hall–Kier alpha value is -3.78. The molecule has 0 radical (unpaired) electrons. The van der Waals surface area contributed by atoms with E-state index in [0.29, 0.717) is 34.8 Å². The molecule has 0 saturated carbocycles. The van der Waals surface area contributed by atoms with E-state index >= 15 is 0 Å². The normalized spacial score (nSPS) is 12.0. The van der Waals surface area contributed by atoms with Gasteiger partial charge in [0.25, 0.3) is 5.91 Å². The van der Waals surface area contributed by atoms with Gasteiger partial charge in [0.1, 0.15) is 18.1 Å². The highest BCUT2D eigenvalue weighted by molar-refractivity contribution is 5.93. The molecule has 3 rings (SSSR count). The quantitative estimate of drug-likeness (QED) is 0.275. The van der Waals surface area contributed by atoms with E-state index in [2.05, 4.69) is 5.32 Å². The van der Waals surface area contributed by atoms with Gasteiger partial charge in [-0.2, -0.15) is 0 Å². The molecule has 8 nitrogen and oxygen atoms in total. The minimum absolute atomic E-state index is 0.201. The predicted octanol–water partition coefficient (Wildman–Crippen LogP) is 3.55. The summed E-state index contributed by atoms with van der Waals surface area (Å²) in [6.45, 7) is 2.21. The highest BCUT2D eigenvalue weighted by Crippen LogP contribution is 2.28. The first-order valence-corrected chi connectivity index (χ1v) is 9.76. The highest BCUT2D eigenvalue weighted by atomic mass is 16.5. The topological polar surface area (TPSA) is 110 Å². The summed E-state index contributed by atoms with van der Waals surface area (Å²) in [7, 11) is 1.58. The van der Waals surface area contributed by atoms with Crippen molar-refractivity contribution < 1.29 is 28.7 Å². The van der Waals surface area contributed by atoms with Crippen LogP contribution in [-0.2, 0) is 4.79 Å². The van der Waals surface area contributed by atoms with Crippen molar-refractivity contribution in [3.05, 3.63) is 65.9 Å². The third-order valence-corrected chi connectivity index (χ3v) is 4.65. The van der Waals surface area contributed by atoms with E-state index in [1.54, 1.807) is 30.8 Å². The van der Waals surface area contributed by atoms with Crippen LogP contribution in [0, 0.1) is 0 Å². The van der Waals surface area contributed by atoms with Gasteiger partial charge in [0.05, 0.1) is 13.2 Å². The lowest BCUT2D eigenvalue weighted by Gasteiger charge is -2.17. The fourth-order valence-electron chi connectivity index (χ4n) is 2.93. The van der Waals surface area contributed by atoms with Crippen molar-refractivity contribution in [2.24, 2.45) is 0 Å². The number of rotatable bonds is 9. The number of hydroxylamine groups is 1. The maximum Gasteiger partial charge on any atom is 0.274 e. The number of methoxy groups -OCH3 is 1. The van der Waals surface area contributed by atoms with Gasteiger partial charge in [0, 0.05) is 17.0 Å². The van der Waals surface area contributed by atoms with Crippen molar-refractivity contribution >= 4 is 28.9 Å². The Bertz CT molecular complexity index is 1070. The summed E-state index contributed by atoms with van der Waals surface area (Å²) < 4.78 is 16.7. The van der Waals surface area contributed by atoms with Crippen molar-refractivity contribution in [1.29, 1.82) is 0 Å². The number of carbonyl (C=O) groups is 2. The molecule has 0 saturated heterocycles. The molecule has 0 aliphatic heterocycles. The molecule has 0 fully saturated rings. The number of fused-ring (bicyclic) bond motifs is 1.